The number of nitrogens with two attached hydrogens (primary N) is 2. The second-order valence-electron chi connectivity index (χ2n) is 5.79. The van der Waals surface area contributed by atoms with E-state index in [0.29, 0.717) is 17.6 Å². The summed E-state index contributed by atoms with van der Waals surface area (Å²) in [6.45, 7) is 3.09. The second-order valence-corrected chi connectivity index (χ2v) is 6.70. The summed E-state index contributed by atoms with van der Waals surface area (Å²) in [5.74, 6) is -0.375. The van der Waals surface area contributed by atoms with E-state index >= 15 is 0 Å². The predicted molar refractivity (Wildman–Crippen MR) is 90.5 cm³/mol. The van der Waals surface area contributed by atoms with Crippen molar-refractivity contribution in [3.63, 3.8) is 0 Å². The Balaban J connectivity index is 2.31. The van der Waals surface area contributed by atoms with E-state index in [1.54, 1.807) is 0 Å². The van der Waals surface area contributed by atoms with E-state index in [2.05, 4.69) is 27.8 Å². The first-order valence-electron chi connectivity index (χ1n) is 7.64. The highest BCUT2D eigenvalue weighted by atomic mass is 79.9. The molecule has 0 atom stereocenters. The average molecular weight is 354 g/mol. The molecule has 2 rings (SSSR count). The molecule has 0 saturated heterocycles. The molecule has 1 aliphatic rings. The third kappa shape index (κ3) is 3.98. The van der Waals surface area contributed by atoms with Gasteiger partial charge in [0.15, 0.2) is 0 Å². The van der Waals surface area contributed by atoms with E-state index in [0.717, 1.165) is 48.8 Å². The minimum absolute atomic E-state index is 0.324. The lowest BCUT2D eigenvalue weighted by Gasteiger charge is -2.38. The maximum absolute atomic E-state index is 11.8. The summed E-state index contributed by atoms with van der Waals surface area (Å²) in [6.07, 6.45) is 5.29. The van der Waals surface area contributed by atoms with Crippen LogP contribution in [0.2, 0.25) is 0 Å². The van der Waals surface area contributed by atoms with Crippen molar-refractivity contribution in [2.24, 2.45) is 11.5 Å². The minimum atomic E-state index is -0.375. The van der Waals surface area contributed by atoms with Crippen molar-refractivity contribution in [3.05, 3.63) is 28.2 Å². The summed E-state index contributed by atoms with van der Waals surface area (Å²) in [5, 5.41) is 0. The molecule has 4 nitrogen and oxygen atoms in total. The van der Waals surface area contributed by atoms with Gasteiger partial charge in [-0.1, -0.05) is 22.9 Å². The smallest absolute Gasteiger partial charge is 0.250 e. The summed E-state index contributed by atoms with van der Waals surface area (Å²) in [6, 6.07) is 6.55. The number of hydrogen-bond acceptors (Lipinski definition) is 3. The van der Waals surface area contributed by atoms with Gasteiger partial charge in [-0.2, -0.15) is 0 Å². The number of rotatable bonds is 5. The number of carbonyl (C=O) groups is 1. The molecule has 1 aromatic carbocycles. The molecule has 116 valence electrons. The van der Waals surface area contributed by atoms with Gasteiger partial charge in [-0.05, 0) is 50.3 Å². The van der Waals surface area contributed by atoms with Crippen LogP contribution in [0.3, 0.4) is 0 Å². The van der Waals surface area contributed by atoms with Gasteiger partial charge in [0.2, 0.25) is 0 Å². The minimum Gasteiger partial charge on any atom is -0.368 e. The fraction of sp³-hybridized carbons (Fsp3) is 0.562. The zero-order valence-corrected chi connectivity index (χ0v) is 14.1. The van der Waals surface area contributed by atoms with Crippen LogP contribution in [0.4, 0.5) is 5.69 Å². The molecule has 0 bridgehead atoms. The summed E-state index contributed by atoms with van der Waals surface area (Å²) < 4.78 is 0.877. The number of benzene rings is 1. The quantitative estimate of drug-likeness (QED) is 0.854. The topological polar surface area (TPSA) is 72.3 Å². The van der Waals surface area contributed by atoms with Crippen molar-refractivity contribution in [2.75, 3.05) is 11.4 Å². The average Bonchev–Trinajstić information content (AvgIpc) is 2.46. The SMILES string of the molecule is CCCN(c1ccc(Br)cc1C(N)=O)C1CCC(N)CC1. The van der Waals surface area contributed by atoms with Gasteiger partial charge >= 0.3 is 0 Å². The molecule has 5 heteroatoms. The lowest BCUT2D eigenvalue weighted by atomic mass is 9.90. The number of carbonyl (C=O) groups excluding carboxylic acids is 1. The third-order valence-electron chi connectivity index (χ3n) is 4.18. The molecule has 1 saturated carbocycles. The lowest BCUT2D eigenvalue weighted by Crippen LogP contribution is -2.42. The van der Waals surface area contributed by atoms with Crippen LogP contribution in [0.25, 0.3) is 0 Å². The molecule has 1 aromatic rings. The van der Waals surface area contributed by atoms with Crippen LogP contribution in [0.1, 0.15) is 49.4 Å². The van der Waals surface area contributed by atoms with Crippen LogP contribution in [-0.4, -0.2) is 24.5 Å². The highest BCUT2D eigenvalue weighted by Gasteiger charge is 2.26. The van der Waals surface area contributed by atoms with Gasteiger partial charge in [-0.3, -0.25) is 4.79 Å². The van der Waals surface area contributed by atoms with Gasteiger partial charge in [0, 0.05) is 28.8 Å². The van der Waals surface area contributed by atoms with Crippen molar-refractivity contribution in [2.45, 2.75) is 51.1 Å². The standard InChI is InChI=1S/C16H24BrN3O/c1-2-9-20(13-6-4-12(18)5-7-13)15-8-3-11(17)10-14(15)16(19)21/h3,8,10,12-13H,2,4-7,9,18H2,1H3,(H2,19,21). The monoisotopic (exact) mass is 353 g/mol. The van der Waals surface area contributed by atoms with Gasteiger partial charge in [0.1, 0.15) is 0 Å². The van der Waals surface area contributed by atoms with Crippen LogP contribution in [0.5, 0.6) is 0 Å². The van der Waals surface area contributed by atoms with Crippen molar-refractivity contribution in [3.8, 4) is 0 Å². The molecule has 1 fully saturated rings. The molecule has 0 aliphatic heterocycles. The maximum Gasteiger partial charge on any atom is 0.250 e. The Morgan fingerprint density at radius 2 is 2.00 bits per heavy atom. The van der Waals surface area contributed by atoms with Crippen LogP contribution in [0.15, 0.2) is 22.7 Å². The number of primary amides is 1. The molecule has 0 aromatic heterocycles. The summed E-state index contributed by atoms with van der Waals surface area (Å²) in [5.41, 5.74) is 13.1. The van der Waals surface area contributed by atoms with Crippen molar-refractivity contribution < 1.29 is 4.79 Å². The molecule has 0 unspecified atom stereocenters. The van der Waals surface area contributed by atoms with E-state index in [4.69, 9.17) is 11.5 Å². The molecule has 4 N–H and O–H groups in total. The molecule has 0 heterocycles. The third-order valence-corrected chi connectivity index (χ3v) is 4.67. The molecule has 0 spiro atoms. The summed E-state index contributed by atoms with van der Waals surface area (Å²) >= 11 is 3.41. The second kappa shape index (κ2) is 7.27. The van der Waals surface area contributed by atoms with Gasteiger partial charge in [0.05, 0.1) is 5.56 Å². The van der Waals surface area contributed by atoms with Gasteiger partial charge in [-0.25, -0.2) is 0 Å². The van der Waals surface area contributed by atoms with Crippen molar-refractivity contribution in [1.29, 1.82) is 0 Å². The Kier molecular flexibility index (Phi) is 5.65. The summed E-state index contributed by atoms with van der Waals surface area (Å²) in [4.78, 5) is 14.1. The van der Waals surface area contributed by atoms with E-state index < -0.39 is 0 Å². The van der Waals surface area contributed by atoms with E-state index in [1.807, 2.05) is 18.2 Å². The van der Waals surface area contributed by atoms with Gasteiger partial charge < -0.3 is 16.4 Å². The fourth-order valence-corrected chi connectivity index (χ4v) is 3.47. The highest BCUT2D eigenvalue weighted by Crippen LogP contribution is 2.31. The first-order chi connectivity index (χ1) is 10.0. The van der Waals surface area contributed by atoms with Crippen molar-refractivity contribution in [1.82, 2.24) is 0 Å². The normalized spacial score (nSPS) is 22.0. The lowest BCUT2D eigenvalue weighted by molar-refractivity contribution is 0.100. The molecule has 1 aliphatic carbocycles. The zero-order chi connectivity index (χ0) is 15.4. The molecule has 0 radical (unpaired) electrons. The zero-order valence-electron chi connectivity index (χ0n) is 12.5. The highest BCUT2D eigenvalue weighted by molar-refractivity contribution is 9.10. The van der Waals surface area contributed by atoms with E-state index in [1.165, 1.54) is 0 Å². The Morgan fingerprint density at radius 1 is 1.33 bits per heavy atom. The number of amides is 1. The number of anilines is 1. The molecule has 21 heavy (non-hydrogen) atoms. The van der Waals surface area contributed by atoms with E-state index in [9.17, 15) is 4.79 Å². The van der Waals surface area contributed by atoms with Gasteiger partial charge in [0.25, 0.3) is 5.91 Å². The fourth-order valence-electron chi connectivity index (χ4n) is 3.11. The van der Waals surface area contributed by atoms with Gasteiger partial charge in [-0.15, -0.1) is 0 Å². The van der Waals surface area contributed by atoms with E-state index in [-0.39, 0.29) is 5.91 Å². The van der Waals surface area contributed by atoms with Crippen LogP contribution in [0, 0.1) is 0 Å². The summed E-state index contributed by atoms with van der Waals surface area (Å²) in [7, 11) is 0. The van der Waals surface area contributed by atoms with Crippen molar-refractivity contribution >= 4 is 27.5 Å². The Hall–Kier alpha value is -1.07. The predicted octanol–water partition coefficient (Wildman–Crippen LogP) is 3.03. The molecule has 1 amide bonds. The first-order valence-corrected chi connectivity index (χ1v) is 8.43. The Bertz CT molecular complexity index is 498. The van der Waals surface area contributed by atoms with Crippen LogP contribution < -0.4 is 16.4 Å². The first kappa shape index (κ1) is 16.3. The van der Waals surface area contributed by atoms with Crippen LogP contribution in [-0.2, 0) is 0 Å². The number of halogens is 1. The number of hydrogen-bond donors (Lipinski definition) is 2. The van der Waals surface area contributed by atoms with Crippen LogP contribution >= 0.6 is 15.9 Å². The largest absolute Gasteiger partial charge is 0.368 e. The Morgan fingerprint density at radius 3 is 2.57 bits per heavy atom. The number of nitrogens with zero attached hydrogens (tertiary/aromatic N) is 1. The molecular weight excluding hydrogens is 330 g/mol. The maximum atomic E-state index is 11.8. The molecular formula is C16H24BrN3O. The Labute approximate surface area is 135 Å².